The lowest BCUT2D eigenvalue weighted by molar-refractivity contribution is 0.664. The quantitative estimate of drug-likeness (QED) is 0.852. The first-order valence-corrected chi connectivity index (χ1v) is 5.69. The summed E-state index contributed by atoms with van der Waals surface area (Å²) >= 11 is 0. The van der Waals surface area contributed by atoms with E-state index in [1.54, 1.807) is 6.33 Å². The highest BCUT2D eigenvalue weighted by atomic mass is 15.3. The Morgan fingerprint density at radius 3 is 2.75 bits per heavy atom. The molecule has 5 nitrogen and oxygen atoms in total. The van der Waals surface area contributed by atoms with Gasteiger partial charge in [-0.1, -0.05) is 13.3 Å². The van der Waals surface area contributed by atoms with Crippen LogP contribution >= 0.6 is 0 Å². The van der Waals surface area contributed by atoms with Crippen LogP contribution in [0.3, 0.4) is 0 Å². The van der Waals surface area contributed by atoms with Gasteiger partial charge in [-0.15, -0.1) is 0 Å². The maximum atomic E-state index is 4.58. The van der Waals surface area contributed by atoms with Gasteiger partial charge in [0.1, 0.15) is 17.4 Å². The summed E-state index contributed by atoms with van der Waals surface area (Å²) in [5.41, 5.74) is 3.05. The second-order valence-corrected chi connectivity index (χ2v) is 3.68. The SMILES string of the molecule is CCCc1nn(CC)c2c(NC)ncnc12. The zero-order valence-corrected chi connectivity index (χ0v) is 9.99. The van der Waals surface area contributed by atoms with Gasteiger partial charge in [0.25, 0.3) is 0 Å². The molecule has 5 heteroatoms. The van der Waals surface area contributed by atoms with Crippen LogP contribution in [-0.4, -0.2) is 26.8 Å². The average molecular weight is 219 g/mol. The van der Waals surface area contributed by atoms with Crippen molar-refractivity contribution in [2.24, 2.45) is 0 Å². The minimum Gasteiger partial charge on any atom is -0.371 e. The second-order valence-electron chi connectivity index (χ2n) is 3.68. The molecule has 2 heterocycles. The molecule has 0 amide bonds. The van der Waals surface area contributed by atoms with Crippen LogP contribution < -0.4 is 5.32 Å². The summed E-state index contributed by atoms with van der Waals surface area (Å²) in [7, 11) is 1.87. The highest BCUT2D eigenvalue weighted by Gasteiger charge is 2.14. The zero-order valence-electron chi connectivity index (χ0n) is 9.99. The number of fused-ring (bicyclic) bond motifs is 1. The molecule has 0 fully saturated rings. The third-order valence-electron chi connectivity index (χ3n) is 2.62. The average Bonchev–Trinajstić information content (AvgIpc) is 2.68. The van der Waals surface area contributed by atoms with Crippen molar-refractivity contribution in [1.29, 1.82) is 0 Å². The maximum absolute atomic E-state index is 4.58. The summed E-state index contributed by atoms with van der Waals surface area (Å²) in [6, 6.07) is 0. The zero-order chi connectivity index (χ0) is 11.5. The molecule has 2 rings (SSSR count). The van der Waals surface area contributed by atoms with Gasteiger partial charge >= 0.3 is 0 Å². The molecule has 0 spiro atoms. The third kappa shape index (κ3) is 1.62. The minimum absolute atomic E-state index is 0.836. The standard InChI is InChI=1S/C11H17N5/c1-4-6-8-9-10(16(5-2)15-8)11(12-3)14-7-13-9/h7H,4-6H2,1-3H3,(H,12,13,14). The van der Waals surface area contributed by atoms with Gasteiger partial charge in [-0.25, -0.2) is 9.97 Å². The number of nitrogens with one attached hydrogen (secondary N) is 1. The topological polar surface area (TPSA) is 55.6 Å². The summed E-state index contributed by atoms with van der Waals surface area (Å²) in [6.07, 6.45) is 3.63. The van der Waals surface area contributed by atoms with E-state index in [2.05, 4.69) is 34.2 Å². The molecular weight excluding hydrogens is 202 g/mol. The van der Waals surface area contributed by atoms with Gasteiger partial charge in [-0.05, 0) is 13.3 Å². The summed E-state index contributed by atoms with van der Waals surface area (Å²) < 4.78 is 1.96. The van der Waals surface area contributed by atoms with Crippen molar-refractivity contribution in [1.82, 2.24) is 19.7 Å². The van der Waals surface area contributed by atoms with Crippen molar-refractivity contribution in [2.75, 3.05) is 12.4 Å². The Kier molecular flexibility index (Phi) is 3.03. The molecule has 1 N–H and O–H groups in total. The highest BCUT2D eigenvalue weighted by Crippen LogP contribution is 2.22. The molecule has 0 unspecified atom stereocenters. The van der Waals surface area contributed by atoms with Crippen molar-refractivity contribution < 1.29 is 0 Å². The molecule has 0 aromatic carbocycles. The van der Waals surface area contributed by atoms with E-state index in [1.165, 1.54) is 0 Å². The highest BCUT2D eigenvalue weighted by molar-refractivity contribution is 5.87. The van der Waals surface area contributed by atoms with E-state index in [-0.39, 0.29) is 0 Å². The smallest absolute Gasteiger partial charge is 0.155 e. The van der Waals surface area contributed by atoms with E-state index in [0.717, 1.165) is 41.9 Å². The summed E-state index contributed by atoms with van der Waals surface area (Å²) in [6.45, 7) is 5.06. The first kappa shape index (κ1) is 10.9. The van der Waals surface area contributed by atoms with E-state index >= 15 is 0 Å². The lowest BCUT2D eigenvalue weighted by atomic mass is 10.2. The van der Waals surface area contributed by atoms with Crippen molar-refractivity contribution >= 4 is 16.9 Å². The van der Waals surface area contributed by atoms with Gasteiger partial charge in [0.15, 0.2) is 5.82 Å². The molecular formula is C11H17N5. The van der Waals surface area contributed by atoms with Crippen molar-refractivity contribution in [3.8, 4) is 0 Å². The fourth-order valence-corrected chi connectivity index (χ4v) is 1.89. The number of hydrogen-bond donors (Lipinski definition) is 1. The number of aromatic nitrogens is 4. The van der Waals surface area contributed by atoms with Crippen LogP contribution in [0.25, 0.3) is 11.0 Å². The molecule has 0 aliphatic rings. The molecule has 0 aliphatic heterocycles. The molecule has 16 heavy (non-hydrogen) atoms. The van der Waals surface area contributed by atoms with Crippen molar-refractivity contribution in [3.63, 3.8) is 0 Å². The van der Waals surface area contributed by atoms with Crippen molar-refractivity contribution in [2.45, 2.75) is 33.2 Å². The Hall–Kier alpha value is -1.65. The van der Waals surface area contributed by atoms with Gasteiger partial charge in [-0.3, -0.25) is 4.68 Å². The molecule has 2 aromatic heterocycles. The largest absolute Gasteiger partial charge is 0.371 e. The van der Waals surface area contributed by atoms with Gasteiger partial charge in [0.2, 0.25) is 0 Å². The molecule has 0 bridgehead atoms. The van der Waals surface area contributed by atoms with E-state index in [1.807, 2.05) is 11.7 Å². The van der Waals surface area contributed by atoms with E-state index < -0.39 is 0 Å². The van der Waals surface area contributed by atoms with Gasteiger partial charge < -0.3 is 5.32 Å². The third-order valence-corrected chi connectivity index (χ3v) is 2.62. The van der Waals surface area contributed by atoms with Crippen molar-refractivity contribution in [3.05, 3.63) is 12.0 Å². The molecule has 0 radical (unpaired) electrons. The van der Waals surface area contributed by atoms with Crippen LogP contribution in [0.5, 0.6) is 0 Å². The van der Waals surface area contributed by atoms with E-state index in [0.29, 0.717) is 0 Å². The van der Waals surface area contributed by atoms with Crippen LogP contribution in [0.2, 0.25) is 0 Å². The number of aryl methyl sites for hydroxylation is 2. The lowest BCUT2D eigenvalue weighted by Gasteiger charge is -2.03. The van der Waals surface area contributed by atoms with Crippen LogP contribution in [0.15, 0.2) is 6.33 Å². The molecule has 0 atom stereocenters. The van der Waals surface area contributed by atoms with Gasteiger partial charge in [0, 0.05) is 13.6 Å². The normalized spacial score (nSPS) is 10.9. The van der Waals surface area contributed by atoms with Crippen LogP contribution in [0, 0.1) is 0 Å². The molecule has 2 aromatic rings. The Labute approximate surface area is 94.9 Å². The maximum Gasteiger partial charge on any atom is 0.155 e. The Morgan fingerprint density at radius 2 is 2.12 bits per heavy atom. The number of rotatable bonds is 4. The predicted octanol–water partition coefficient (Wildman–Crippen LogP) is 1.84. The van der Waals surface area contributed by atoms with Gasteiger partial charge in [0.05, 0.1) is 5.69 Å². The number of hydrogen-bond acceptors (Lipinski definition) is 4. The van der Waals surface area contributed by atoms with Gasteiger partial charge in [-0.2, -0.15) is 5.10 Å². The number of anilines is 1. The second kappa shape index (κ2) is 4.47. The molecule has 0 saturated heterocycles. The van der Waals surface area contributed by atoms with Crippen LogP contribution in [0.4, 0.5) is 5.82 Å². The van der Waals surface area contributed by atoms with Crippen LogP contribution in [-0.2, 0) is 13.0 Å². The molecule has 86 valence electrons. The Morgan fingerprint density at radius 1 is 1.31 bits per heavy atom. The fraction of sp³-hybridized carbons (Fsp3) is 0.545. The lowest BCUT2D eigenvalue weighted by Crippen LogP contribution is -2.01. The summed E-state index contributed by atoms with van der Waals surface area (Å²) in [5, 5.41) is 7.67. The first-order chi connectivity index (χ1) is 7.81. The van der Waals surface area contributed by atoms with E-state index in [4.69, 9.17) is 0 Å². The Balaban J connectivity index is 2.68. The van der Waals surface area contributed by atoms with E-state index in [9.17, 15) is 0 Å². The summed E-state index contributed by atoms with van der Waals surface area (Å²) in [5.74, 6) is 0.849. The Bertz CT molecular complexity index is 488. The minimum atomic E-state index is 0.836. The summed E-state index contributed by atoms with van der Waals surface area (Å²) in [4.78, 5) is 8.57. The molecule has 0 aliphatic carbocycles. The fourth-order valence-electron chi connectivity index (χ4n) is 1.89. The first-order valence-electron chi connectivity index (χ1n) is 5.69. The molecule has 0 saturated carbocycles. The number of nitrogens with zero attached hydrogens (tertiary/aromatic N) is 4. The van der Waals surface area contributed by atoms with Crippen LogP contribution in [0.1, 0.15) is 26.0 Å². The monoisotopic (exact) mass is 219 g/mol. The predicted molar refractivity (Wildman–Crippen MR) is 64.5 cm³/mol.